The van der Waals surface area contributed by atoms with Gasteiger partial charge in [-0.3, -0.25) is 4.79 Å². The molecule has 0 fully saturated rings. The number of amides is 1. The van der Waals surface area contributed by atoms with E-state index in [0.29, 0.717) is 5.75 Å². The van der Waals surface area contributed by atoms with E-state index in [4.69, 9.17) is 0 Å². The summed E-state index contributed by atoms with van der Waals surface area (Å²) in [4.78, 5) is 16.2. The zero-order valence-corrected chi connectivity index (χ0v) is 13.2. The Kier molecular flexibility index (Phi) is 4.11. The van der Waals surface area contributed by atoms with Crippen molar-refractivity contribution in [2.75, 3.05) is 12.3 Å². The van der Waals surface area contributed by atoms with Crippen LogP contribution >= 0.6 is 12.6 Å². The van der Waals surface area contributed by atoms with E-state index >= 15 is 0 Å². The third-order valence-electron chi connectivity index (χ3n) is 4.08. The van der Waals surface area contributed by atoms with Gasteiger partial charge in [0.25, 0.3) is 15.9 Å². The lowest BCUT2D eigenvalue weighted by Gasteiger charge is -2.33. The van der Waals surface area contributed by atoms with Crippen molar-refractivity contribution >= 4 is 28.6 Å². The second-order valence-corrected chi connectivity index (χ2v) is 7.13. The highest BCUT2D eigenvalue weighted by atomic mass is 32.2. The first-order valence-electron chi connectivity index (χ1n) is 6.55. The highest BCUT2D eigenvalue weighted by Gasteiger charge is 2.45. The van der Waals surface area contributed by atoms with Gasteiger partial charge in [0, 0.05) is 12.7 Å². The lowest BCUT2D eigenvalue weighted by atomic mass is 9.84. The van der Waals surface area contributed by atoms with Gasteiger partial charge < -0.3 is 0 Å². The summed E-state index contributed by atoms with van der Waals surface area (Å²) >= 11 is 4.33. The Morgan fingerprint density at radius 2 is 2.00 bits per heavy atom. The minimum absolute atomic E-state index is 0.134. The van der Waals surface area contributed by atoms with E-state index in [1.807, 2.05) is 13.8 Å². The lowest BCUT2D eigenvalue weighted by Crippen LogP contribution is -2.41. The Morgan fingerprint density at radius 3 is 2.50 bits per heavy atom. The van der Waals surface area contributed by atoms with Crippen LogP contribution in [0.3, 0.4) is 0 Å². The van der Waals surface area contributed by atoms with Crippen LogP contribution in [0, 0.1) is 5.41 Å². The molecule has 0 N–H and O–H groups in total. The third-order valence-corrected chi connectivity index (χ3v) is 6.44. The Balaban J connectivity index is 2.44. The Bertz CT molecular complexity index is 616. The van der Waals surface area contributed by atoms with Crippen LogP contribution in [0.15, 0.2) is 23.4 Å². The molecule has 110 valence electrons. The molecular formula is C13H18N2O3S2. The fourth-order valence-electron chi connectivity index (χ4n) is 2.32. The molecule has 2 rings (SSSR count). The molecule has 0 aromatic carbocycles. The SMILES string of the molecule is CCC(CC)(CS)CN1C(=O)c2cccnc2S1(=O)=O. The zero-order chi connectivity index (χ0) is 15.0. The molecule has 1 amide bonds. The fourth-order valence-corrected chi connectivity index (χ4v) is 4.46. The van der Waals surface area contributed by atoms with Gasteiger partial charge in [0.1, 0.15) is 0 Å². The second-order valence-electron chi connectivity index (χ2n) is 5.04. The maximum Gasteiger partial charge on any atom is 0.285 e. The van der Waals surface area contributed by atoms with Gasteiger partial charge in [0.2, 0.25) is 0 Å². The van der Waals surface area contributed by atoms with Gasteiger partial charge in [-0.25, -0.2) is 9.29 Å². The van der Waals surface area contributed by atoms with E-state index in [1.54, 1.807) is 6.07 Å². The number of thiol groups is 1. The van der Waals surface area contributed by atoms with E-state index in [2.05, 4.69) is 17.6 Å². The summed E-state index contributed by atoms with van der Waals surface area (Å²) in [5.74, 6) is 0.0458. The standard InChI is InChI=1S/C13H18N2O3S2/c1-3-13(4-2,9-19)8-15-12(16)10-6-5-7-14-11(10)20(15,17)18/h5-7,19H,3-4,8-9H2,1-2H3. The molecule has 5 nitrogen and oxygen atoms in total. The van der Waals surface area contributed by atoms with E-state index in [9.17, 15) is 13.2 Å². The average molecular weight is 314 g/mol. The highest BCUT2D eigenvalue weighted by molar-refractivity contribution is 7.90. The normalized spacial score (nSPS) is 17.4. The number of hydrogen-bond donors (Lipinski definition) is 1. The molecule has 0 saturated heterocycles. The van der Waals surface area contributed by atoms with Crippen LogP contribution in [0.4, 0.5) is 0 Å². The molecule has 0 bridgehead atoms. The van der Waals surface area contributed by atoms with Crippen molar-refractivity contribution in [2.24, 2.45) is 5.41 Å². The van der Waals surface area contributed by atoms with Crippen molar-refractivity contribution in [1.29, 1.82) is 0 Å². The maximum atomic E-state index is 12.4. The van der Waals surface area contributed by atoms with Gasteiger partial charge >= 0.3 is 0 Å². The molecule has 0 saturated carbocycles. The van der Waals surface area contributed by atoms with Gasteiger partial charge in [-0.2, -0.15) is 21.0 Å². The number of nitrogens with zero attached hydrogens (tertiary/aromatic N) is 2. The molecular weight excluding hydrogens is 296 g/mol. The molecule has 0 spiro atoms. The number of carbonyl (C=O) groups excluding carboxylic acids is 1. The number of pyridine rings is 1. The first kappa shape index (κ1) is 15.3. The summed E-state index contributed by atoms with van der Waals surface area (Å²) in [6, 6.07) is 3.07. The molecule has 1 aliphatic heterocycles. The van der Waals surface area contributed by atoms with Crippen LogP contribution in [0.1, 0.15) is 37.0 Å². The minimum atomic E-state index is -3.82. The largest absolute Gasteiger partial charge is 0.285 e. The second kappa shape index (κ2) is 5.37. The van der Waals surface area contributed by atoms with Crippen LogP contribution < -0.4 is 0 Å². The number of fused-ring (bicyclic) bond motifs is 1. The van der Waals surface area contributed by atoms with E-state index in [0.717, 1.165) is 17.1 Å². The van der Waals surface area contributed by atoms with Crippen molar-refractivity contribution in [1.82, 2.24) is 9.29 Å². The maximum absolute atomic E-state index is 12.4. The van der Waals surface area contributed by atoms with E-state index < -0.39 is 15.9 Å². The molecule has 0 unspecified atom stereocenters. The van der Waals surface area contributed by atoms with Crippen LogP contribution in [-0.2, 0) is 10.0 Å². The molecule has 1 aromatic rings. The fraction of sp³-hybridized carbons (Fsp3) is 0.538. The predicted molar refractivity (Wildman–Crippen MR) is 79.3 cm³/mol. The summed E-state index contributed by atoms with van der Waals surface area (Å²) < 4.78 is 25.8. The van der Waals surface area contributed by atoms with Crippen molar-refractivity contribution in [2.45, 2.75) is 31.7 Å². The monoisotopic (exact) mass is 314 g/mol. The molecule has 0 aliphatic carbocycles. The van der Waals surface area contributed by atoms with E-state index in [1.165, 1.54) is 12.3 Å². The van der Waals surface area contributed by atoms with Gasteiger partial charge in [0.05, 0.1) is 5.56 Å². The molecule has 7 heteroatoms. The first-order valence-corrected chi connectivity index (χ1v) is 8.62. The van der Waals surface area contributed by atoms with Crippen molar-refractivity contribution in [3.63, 3.8) is 0 Å². The van der Waals surface area contributed by atoms with Crippen LogP contribution in [-0.4, -0.2) is 35.9 Å². The van der Waals surface area contributed by atoms with Crippen LogP contribution in [0.2, 0.25) is 0 Å². The smallest absolute Gasteiger partial charge is 0.268 e. The van der Waals surface area contributed by atoms with Gasteiger partial charge in [-0.05, 0) is 36.1 Å². The number of aromatic nitrogens is 1. The Hall–Kier alpha value is -1.08. The van der Waals surface area contributed by atoms with Crippen molar-refractivity contribution < 1.29 is 13.2 Å². The zero-order valence-electron chi connectivity index (χ0n) is 11.5. The van der Waals surface area contributed by atoms with Gasteiger partial charge in [-0.15, -0.1) is 0 Å². The summed E-state index contributed by atoms with van der Waals surface area (Å²) in [6.07, 6.45) is 2.91. The number of hydrogen-bond acceptors (Lipinski definition) is 5. The average Bonchev–Trinajstić information content (AvgIpc) is 2.66. The van der Waals surface area contributed by atoms with Crippen LogP contribution in [0.5, 0.6) is 0 Å². The molecule has 2 heterocycles. The number of carbonyl (C=O) groups is 1. The first-order chi connectivity index (χ1) is 9.41. The lowest BCUT2D eigenvalue weighted by molar-refractivity contribution is 0.0823. The van der Waals surface area contributed by atoms with Crippen molar-refractivity contribution in [3.8, 4) is 0 Å². The third kappa shape index (κ3) is 2.22. The summed E-state index contributed by atoms with van der Waals surface area (Å²) in [5, 5.41) is -0.134. The Morgan fingerprint density at radius 1 is 1.35 bits per heavy atom. The molecule has 1 aliphatic rings. The van der Waals surface area contributed by atoms with Crippen molar-refractivity contribution in [3.05, 3.63) is 23.9 Å². The van der Waals surface area contributed by atoms with Crippen LogP contribution in [0.25, 0.3) is 0 Å². The quantitative estimate of drug-likeness (QED) is 0.844. The summed E-state index contributed by atoms with van der Waals surface area (Å²) in [6.45, 7) is 4.12. The highest BCUT2D eigenvalue weighted by Crippen LogP contribution is 2.35. The molecule has 0 atom stereocenters. The van der Waals surface area contributed by atoms with Gasteiger partial charge in [0.15, 0.2) is 5.03 Å². The molecule has 0 radical (unpaired) electrons. The number of sulfonamides is 1. The Labute approximate surface area is 124 Å². The number of rotatable bonds is 5. The summed E-state index contributed by atoms with van der Waals surface area (Å²) in [5.41, 5.74) is -0.138. The van der Waals surface area contributed by atoms with E-state index in [-0.39, 0.29) is 22.5 Å². The predicted octanol–water partition coefficient (Wildman–Crippen LogP) is 1.96. The summed E-state index contributed by atoms with van der Waals surface area (Å²) in [7, 11) is -3.82. The topological polar surface area (TPSA) is 67.3 Å². The molecule has 20 heavy (non-hydrogen) atoms. The molecule has 1 aromatic heterocycles. The minimum Gasteiger partial charge on any atom is -0.268 e. The van der Waals surface area contributed by atoms with Gasteiger partial charge in [-0.1, -0.05) is 13.8 Å².